The first-order valence-corrected chi connectivity index (χ1v) is 0. The van der Waals surface area contributed by atoms with Gasteiger partial charge in [0, 0.05) is 56.6 Å². The standard InChI is InChI=1S/3Li.H3N/h;;;1H3. The van der Waals surface area contributed by atoms with Crippen molar-refractivity contribution in [3.05, 3.63) is 0 Å². The van der Waals surface area contributed by atoms with Crippen LogP contribution in [0.15, 0.2) is 0 Å². The predicted molar refractivity (Wildman–Crippen MR) is 22.3 cm³/mol. The molecule has 0 rings (SSSR count). The number of rotatable bonds is 0. The molecular weight excluding hydrogens is 34.8 g/mol. The van der Waals surface area contributed by atoms with E-state index in [1.165, 1.54) is 0 Å². The summed E-state index contributed by atoms with van der Waals surface area (Å²) in [6, 6.07) is 0. The van der Waals surface area contributed by atoms with Gasteiger partial charge in [-0.15, -0.1) is 0 Å². The van der Waals surface area contributed by atoms with Gasteiger partial charge in [-0.2, -0.15) is 0 Å². The molecule has 0 spiro atoms. The van der Waals surface area contributed by atoms with Crippen LogP contribution in [0.5, 0.6) is 0 Å². The molecule has 0 amide bonds. The maximum Gasteiger partial charge on any atom is 0 e. The van der Waals surface area contributed by atoms with Crippen molar-refractivity contribution in [1.29, 1.82) is 0 Å². The molecule has 3 radical (unpaired) electrons. The molecule has 3 N–H and O–H groups in total. The largest absolute Gasteiger partial charge is 0.344 e. The van der Waals surface area contributed by atoms with E-state index in [4.69, 9.17) is 0 Å². The van der Waals surface area contributed by atoms with E-state index in [1.807, 2.05) is 0 Å². The fourth-order valence-electron chi connectivity index (χ4n) is 0. The van der Waals surface area contributed by atoms with Gasteiger partial charge in [-0.25, -0.2) is 0 Å². The molecule has 0 aromatic carbocycles. The summed E-state index contributed by atoms with van der Waals surface area (Å²) in [5.41, 5.74) is 0. The molecule has 0 saturated heterocycles. The summed E-state index contributed by atoms with van der Waals surface area (Å²) in [6.45, 7) is 0. The van der Waals surface area contributed by atoms with Gasteiger partial charge < -0.3 is 6.15 Å². The van der Waals surface area contributed by atoms with Gasteiger partial charge in [0.1, 0.15) is 0 Å². The Morgan fingerprint density at radius 1 is 0.500 bits per heavy atom. The molecule has 11 valence electrons. The van der Waals surface area contributed by atoms with Crippen LogP contribution < -0.4 is 6.15 Å². The van der Waals surface area contributed by atoms with Gasteiger partial charge >= 0.3 is 0 Å². The summed E-state index contributed by atoms with van der Waals surface area (Å²) in [6.07, 6.45) is 0. The summed E-state index contributed by atoms with van der Waals surface area (Å²) >= 11 is 0. The summed E-state index contributed by atoms with van der Waals surface area (Å²) < 4.78 is 0. The molecule has 0 atom stereocenters. The van der Waals surface area contributed by atoms with Crippen LogP contribution in [0.25, 0.3) is 0 Å². The molecular formula is H3Li3N. The Bertz CT molecular complexity index is 3.25. The summed E-state index contributed by atoms with van der Waals surface area (Å²) in [5, 5.41) is 0. The third kappa shape index (κ3) is 9.26. The molecule has 0 fully saturated rings. The average Bonchev–Trinajstić information content (AvgIpc) is 0. The number of hydrogen-bond acceptors (Lipinski definition) is 1. The van der Waals surface area contributed by atoms with Crippen LogP contribution in [-0.2, 0) is 0 Å². The molecule has 0 saturated carbocycles. The molecule has 4 heavy (non-hydrogen) atoms. The zero-order chi connectivity index (χ0) is 0. The fraction of sp³-hybridized carbons (Fsp3) is 0. The molecule has 1 nitrogen and oxygen atoms in total. The van der Waals surface area contributed by atoms with E-state index in [0.29, 0.717) is 0 Å². The first-order valence-electron chi connectivity index (χ1n) is 0. The maximum atomic E-state index is 0. The van der Waals surface area contributed by atoms with Gasteiger partial charge in [-0.3, -0.25) is 0 Å². The van der Waals surface area contributed by atoms with Gasteiger partial charge in [0.15, 0.2) is 0 Å². The van der Waals surface area contributed by atoms with Crippen molar-refractivity contribution < 1.29 is 0 Å². The third-order valence-corrected chi connectivity index (χ3v) is 0. The molecule has 0 heterocycles. The van der Waals surface area contributed by atoms with E-state index < -0.39 is 0 Å². The van der Waals surface area contributed by atoms with E-state index in [0.717, 1.165) is 0 Å². The molecule has 0 unspecified atom stereocenters. The van der Waals surface area contributed by atoms with Gasteiger partial charge in [0.2, 0.25) is 0 Å². The average molecular weight is 37.9 g/mol. The Morgan fingerprint density at radius 2 is 0.500 bits per heavy atom. The second-order valence-electron chi connectivity index (χ2n) is 0. The Hall–Kier alpha value is 1.75. The smallest absolute Gasteiger partial charge is 0 e. The molecule has 0 bridgehead atoms. The summed E-state index contributed by atoms with van der Waals surface area (Å²) in [7, 11) is 0. The van der Waals surface area contributed by atoms with E-state index in [2.05, 4.69) is 0 Å². The van der Waals surface area contributed by atoms with Crippen molar-refractivity contribution >= 4 is 56.6 Å². The molecule has 0 aromatic heterocycles. The Balaban J connectivity index is 0. The van der Waals surface area contributed by atoms with Crippen LogP contribution in [0.4, 0.5) is 0 Å². The monoisotopic (exact) mass is 38.1 g/mol. The first-order chi connectivity index (χ1) is 0. The van der Waals surface area contributed by atoms with E-state index in [1.54, 1.807) is 0 Å². The van der Waals surface area contributed by atoms with E-state index in [9.17, 15) is 0 Å². The predicted octanol–water partition coefficient (Wildman–Crippen LogP) is -0.980. The molecule has 0 aliphatic carbocycles. The van der Waals surface area contributed by atoms with Crippen LogP contribution >= 0.6 is 0 Å². The second-order valence-corrected chi connectivity index (χ2v) is 0. The van der Waals surface area contributed by atoms with Crippen LogP contribution in [0.1, 0.15) is 0 Å². The van der Waals surface area contributed by atoms with Crippen LogP contribution in [-0.4, -0.2) is 56.6 Å². The minimum Gasteiger partial charge on any atom is -0.344 e. The van der Waals surface area contributed by atoms with Crippen molar-refractivity contribution in [1.82, 2.24) is 6.15 Å². The van der Waals surface area contributed by atoms with Gasteiger partial charge in [-0.05, 0) is 0 Å². The molecule has 0 aliphatic heterocycles. The normalized spacial score (nSPS) is 0. The van der Waals surface area contributed by atoms with Crippen LogP contribution in [0.3, 0.4) is 0 Å². The Labute approximate surface area is 62.4 Å². The van der Waals surface area contributed by atoms with Crippen molar-refractivity contribution in [2.75, 3.05) is 0 Å². The zero-order valence-electron chi connectivity index (χ0n) is 3.71. The quantitative estimate of drug-likeness (QED) is 0.345. The third-order valence-electron chi connectivity index (χ3n) is 0. The summed E-state index contributed by atoms with van der Waals surface area (Å²) in [4.78, 5) is 0. The van der Waals surface area contributed by atoms with E-state index >= 15 is 0 Å². The van der Waals surface area contributed by atoms with Crippen molar-refractivity contribution in [2.24, 2.45) is 0 Å². The van der Waals surface area contributed by atoms with Crippen molar-refractivity contribution in [2.45, 2.75) is 0 Å². The molecule has 0 aromatic rings. The Kier molecular flexibility index (Phi) is 231. The zero-order valence-corrected chi connectivity index (χ0v) is 3.71. The summed E-state index contributed by atoms with van der Waals surface area (Å²) in [5.74, 6) is 0. The fourth-order valence-corrected chi connectivity index (χ4v) is 0. The van der Waals surface area contributed by atoms with Gasteiger partial charge in [0.05, 0.1) is 0 Å². The van der Waals surface area contributed by atoms with Crippen LogP contribution in [0, 0.1) is 0 Å². The minimum absolute atomic E-state index is 0. The molecule has 4 heteroatoms. The van der Waals surface area contributed by atoms with E-state index in [-0.39, 0.29) is 62.7 Å². The van der Waals surface area contributed by atoms with Crippen molar-refractivity contribution in [3.8, 4) is 0 Å². The second kappa shape index (κ2) is 21.8. The maximum absolute atomic E-state index is 0. The Morgan fingerprint density at radius 3 is 0.500 bits per heavy atom. The molecule has 0 aliphatic rings. The van der Waals surface area contributed by atoms with Crippen LogP contribution in [0.2, 0.25) is 0 Å². The SMILES string of the molecule is N.[Li].[Li].[Li]. The van der Waals surface area contributed by atoms with Crippen molar-refractivity contribution in [3.63, 3.8) is 0 Å². The first kappa shape index (κ1) is 42.3. The van der Waals surface area contributed by atoms with Gasteiger partial charge in [0.25, 0.3) is 0 Å². The topological polar surface area (TPSA) is 35.0 Å². The van der Waals surface area contributed by atoms with Gasteiger partial charge in [-0.1, -0.05) is 0 Å². The minimum atomic E-state index is 0. The number of hydrogen-bond donors (Lipinski definition) is 1.